The number of alkyl halides is 2. The fourth-order valence-corrected chi connectivity index (χ4v) is 3.15. The molecule has 2 aromatic carbocycles. The van der Waals surface area contributed by atoms with Gasteiger partial charge in [0.05, 0.1) is 19.7 Å². The molecule has 0 N–H and O–H groups in total. The Labute approximate surface area is 144 Å². The van der Waals surface area contributed by atoms with Crippen molar-refractivity contribution in [1.29, 1.82) is 0 Å². The van der Waals surface area contributed by atoms with Crippen molar-refractivity contribution >= 4 is 60.8 Å². The van der Waals surface area contributed by atoms with Gasteiger partial charge in [0, 0.05) is 5.56 Å². The molecule has 0 unspecified atom stereocenters. The van der Waals surface area contributed by atoms with Crippen LogP contribution in [0.3, 0.4) is 0 Å². The van der Waals surface area contributed by atoms with Crippen molar-refractivity contribution in [2.24, 2.45) is 0 Å². The van der Waals surface area contributed by atoms with E-state index in [2.05, 4.69) is 31.9 Å². The summed E-state index contributed by atoms with van der Waals surface area (Å²) in [7, 11) is 0. The summed E-state index contributed by atoms with van der Waals surface area (Å²) in [6.45, 7) is 0. The zero-order valence-electron chi connectivity index (χ0n) is 10.2. The monoisotopic (exact) mass is 434 g/mol. The summed E-state index contributed by atoms with van der Waals surface area (Å²) >= 11 is 18.9. The highest BCUT2D eigenvalue weighted by Crippen LogP contribution is 2.36. The number of carbonyl (C=O) groups excluding carboxylic acids is 1. The Morgan fingerprint density at radius 2 is 1.60 bits per heavy atom. The van der Waals surface area contributed by atoms with Crippen LogP contribution in [0.1, 0.15) is 20.7 Å². The van der Waals surface area contributed by atoms with Gasteiger partial charge in [0.25, 0.3) is 0 Å². The third-order valence-electron chi connectivity index (χ3n) is 2.83. The van der Waals surface area contributed by atoms with Crippen LogP contribution < -0.4 is 0 Å². The highest BCUT2D eigenvalue weighted by Gasteiger charge is 2.26. The largest absolute Gasteiger partial charge is 0.293 e. The summed E-state index contributed by atoms with van der Waals surface area (Å²) < 4.78 is 0. The molecule has 1 nitrogen and oxygen atoms in total. The Morgan fingerprint density at radius 3 is 2.20 bits per heavy atom. The first-order chi connectivity index (χ1) is 9.50. The van der Waals surface area contributed by atoms with Crippen molar-refractivity contribution in [2.45, 2.75) is 9.65 Å². The molecule has 0 spiro atoms. The van der Waals surface area contributed by atoms with Gasteiger partial charge in [-0.15, -0.1) is 0 Å². The van der Waals surface area contributed by atoms with Crippen LogP contribution in [0.25, 0.3) is 0 Å². The molecule has 5 heteroatoms. The molecule has 0 heterocycles. The van der Waals surface area contributed by atoms with Gasteiger partial charge in [0.15, 0.2) is 5.78 Å². The Hall–Kier alpha value is -0.350. The van der Waals surface area contributed by atoms with Crippen molar-refractivity contribution in [3.05, 3.63) is 69.7 Å². The molecule has 104 valence electrons. The van der Waals surface area contributed by atoms with Gasteiger partial charge in [0.1, 0.15) is 0 Å². The molecule has 2 aromatic rings. The van der Waals surface area contributed by atoms with Crippen LogP contribution >= 0.6 is 55.1 Å². The molecule has 2 rings (SSSR count). The van der Waals surface area contributed by atoms with E-state index >= 15 is 0 Å². The van der Waals surface area contributed by atoms with Crippen molar-refractivity contribution in [3.8, 4) is 0 Å². The minimum absolute atomic E-state index is 0.0125. The van der Waals surface area contributed by atoms with Crippen LogP contribution in [-0.2, 0) is 0 Å². The van der Waals surface area contributed by atoms with Gasteiger partial charge in [-0.05, 0) is 17.7 Å². The smallest absolute Gasteiger partial charge is 0.177 e. The summed E-state index contributed by atoms with van der Waals surface area (Å²) in [5.41, 5.74) is 1.56. The van der Waals surface area contributed by atoms with E-state index in [1.807, 2.05) is 24.3 Å². The minimum Gasteiger partial charge on any atom is -0.293 e. The molecule has 0 radical (unpaired) electrons. The first-order valence-electron chi connectivity index (χ1n) is 5.83. The van der Waals surface area contributed by atoms with Gasteiger partial charge in [0.2, 0.25) is 0 Å². The second kappa shape index (κ2) is 7.08. The van der Waals surface area contributed by atoms with E-state index in [1.54, 1.807) is 24.3 Å². The van der Waals surface area contributed by atoms with E-state index in [0.29, 0.717) is 15.6 Å². The van der Waals surface area contributed by atoms with E-state index in [9.17, 15) is 4.79 Å². The van der Waals surface area contributed by atoms with E-state index in [4.69, 9.17) is 23.2 Å². The molecule has 0 aliphatic carbocycles. The molecule has 20 heavy (non-hydrogen) atoms. The zero-order chi connectivity index (χ0) is 14.7. The number of halogens is 4. The maximum absolute atomic E-state index is 12.4. The summed E-state index contributed by atoms with van der Waals surface area (Å²) in [6.07, 6.45) is 0. The van der Waals surface area contributed by atoms with E-state index in [0.717, 1.165) is 5.56 Å². The SMILES string of the molecule is O=C(c1ccccc1)[C@H](Br)[C@@H](Br)c1ccc(Cl)c(Cl)c1. The summed E-state index contributed by atoms with van der Waals surface area (Å²) in [4.78, 5) is 11.8. The molecule has 0 saturated carbocycles. The number of Topliss-reactive ketones (excluding diaryl/α,β-unsaturated/α-hetero) is 1. The number of rotatable bonds is 4. The summed E-state index contributed by atoms with van der Waals surface area (Å²) in [5, 5.41) is 0.969. The molecule has 2 atom stereocenters. The second-order valence-electron chi connectivity index (χ2n) is 4.21. The lowest BCUT2D eigenvalue weighted by molar-refractivity contribution is 0.0991. The highest BCUT2D eigenvalue weighted by atomic mass is 79.9. The second-order valence-corrected chi connectivity index (χ2v) is 6.99. The molecule has 0 aliphatic rings. The maximum Gasteiger partial charge on any atom is 0.177 e. The van der Waals surface area contributed by atoms with Crippen LogP contribution in [-0.4, -0.2) is 10.6 Å². The fourth-order valence-electron chi connectivity index (χ4n) is 1.75. The van der Waals surface area contributed by atoms with Gasteiger partial charge in [-0.25, -0.2) is 0 Å². The first-order valence-corrected chi connectivity index (χ1v) is 8.42. The predicted octanol–water partition coefficient (Wildman–Crippen LogP) is 6.08. The predicted molar refractivity (Wildman–Crippen MR) is 91.6 cm³/mol. The number of hydrogen-bond donors (Lipinski definition) is 0. The molecule has 0 saturated heterocycles. The zero-order valence-corrected chi connectivity index (χ0v) is 14.9. The third-order valence-corrected chi connectivity index (χ3v) is 6.28. The molecule has 0 bridgehead atoms. The van der Waals surface area contributed by atoms with E-state index in [1.165, 1.54) is 0 Å². The number of ketones is 1. The Balaban J connectivity index is 2.22. The molecule has 0 amide bonds. The molecule has 0 aliphatic heterocycles. The molecular formula is C15H10Br2Cl2O. The summed E-state index contributed by atoms with van der Waals surface area (Å²) in [5.74, 6) is 0.0125. The Bertz CT molecular complexity index is 617. The van der Waals surface area contributed by atoms with E-state index < -0.39 is 0 Å². The van der Waals surface area contributed by atoms with Crippen molar-refractivity contribution in [3.63, 3.8) is 0 Å². The maximum atomic E-state index is 12.4. The lowest BCUT2D eigenvalue weighted by atomic mass is 10.0. The highest BCUT2D eigenvalue weighted by molar-refractivity contribution is 9.12. The number of benzene rings is 2. The average molecular weight is 437 g/mol. The van der Waals surface area contributed by atoms with E-state index in [-0.39, 0.29) is 15.4 Å². The molecular weight excluding hydrogens is 427 g/mol. The van der Waals surface area contributed by atoms with Crippen molar-refractivity contribution in [2.75, 3.05) is 0 Å². The van der Waals surface area contributed by atoms with Crippen molar-refractivity contribution in [1.82, 2.24) is 0 Å². The molecule has 0 aromatic heterocycles. The third kappa shape index (κ3) is 3.64. The Kier molecular flexibility index (Phi) is 5.67. The first kappa shape index (κ1) is 16.0. The average Bonchev–Trinajstić information content (AvgIpc) is 2.48. The lowest BCUT2D eigenvalue weighted by Crippen LogP contribution is -2.19. The van der Waals surface area contributed by atoms with Gasteiger partial charge >= 0.3 is 0 Å². The topological polar surface area (TPSA) is 17.1 Å². The van der Waals surface area contributed by atoms with Crippen LogP contribution in [0.5, 0.6) is 0 Å². The standard InChI is InChI=1S/C15H10Br2Cl2O/c16-13(10-6-7-11(18)12(19)8-10)14(17)15(20)9-4-2-1-3-5-9/h1-8,13-14H/t13-,14+/m0/s1. The van der Waals surface area contributed by atoms with Crippen LogP contribution in [0.15, 0.2) is 48.5 Å². The van der Waals surface area contributed by atoms with Crippen LogP contribution in [0.2, 0.25) is 10.0 Å². The van der Waals surface area contributed by atoms with Gasteiger partial charge < -0.3 is 0 Å². The van der Waals surface area contributed by atoms with Crippen LogP contribution in [0.4, 0.5) is 0 Å². The lowest BCUT2D eigenvalue weighted by Gasteiger charge is -2.17. The number of carbonyl (C=O) groups is 1. The normalized spacial score (nSPS) is 13.8. The Morgan fingerprint density at radius 1 is 0.950 bits per heavy atom. The van der Waals surface area contributed by atoms with Gasteiger partial charge in [-0.3, -0.25) is 4.79 Å². The van der Waals surface area contributed by atoms with Gasteiger partial charge in [-0.1, -0.05) is 91.5 Å². The molecule has 0 fully saturated rings. The fraction of sp³-hybridized carbons (Fsp3) is 0.133. The minimum atomic E-state index is -0.387. The van der Waals surface area contributed by atoms with Crippen LogP contribution in [0, 0.1) is 0 Å². The van der Waals surface area contributed by atoms with Crippen molar-refractivity contribution < 1.29 is 4.79 Å². The summed E-state index contributed by atoms with van der Waals surface area (Å²) in [6, 6.07) is 14.5. The number of hydrogen-bond acceptors (Lipinski definition) is 1. The van der Waals surface area contributed by atoms with Gasteiger partial charge in [-0.2, -0.15) is 0 Å². The quantitative estimate of drug-likeness (QED) is 0.419.